The van der Waals surface area contributed by atoms with Gasteiger partial charge in [0.15, 0.2) is 0 Å². The molecule has 0 saturated carbocycles. The maximum Gasteiger partial charge on any atom is 0.246 e. The molecule has 1 fully saturated rings. The Kier molecular flexibility index (Phi) is 5.79. The highest BCUT2D eigenvalue weighted by molar-refractivity contribution is 5.92. The van der Waals surface area contributed by atoms with Crippen molar-refractivity contribution in [3.63, 3.8) is 0 Å². The number of amides is 2. The van der Waals surface area contributed by atoms with Gasteiger partial charge < -0.3 is 10.2 Å². The first-order valence-electron chi connectivity index (χ1n) is 10.4. The van der Waals surface area contributed by atoms with Crippen molar-refractivity contribution in [2.24, 2.45) is 13.0 Å². The van der Waals surface area contributed by atoms with Crippen LogP contribution in [0.3, 0.4) is 0 Å². The van der Waals surface area contributed by atoms with E-state index >= 15 is 0 Å². The highest BCUT2D eigenvalue weighted by Crippen LogP contribution is 2.30. The van der Waals surface area contributed by atoms with Gasteiger partial charge in [0.25, 0.3) is 0 Å². The molecule has 1 aromatic heterocycles. The van der Waals surface area contributed by atoms with E-state index in [1.807, 2.05) is 59.2 Å². The number of benzene rings is 1. The Hall–Kier alpha value is -2.89. The Bertz CT molecular complexity index is 895. The fourth-order valence-electron chi connectivity index (χ4n) is 4.34. The molecule has 1 unspecified atom stereocenters. The summed E-state index contributed by atoms with van der Waals surface area (Å²) in [6.45, 7) is 1.25. The van der Waals surface area contributed by atoms with E-state index in [4.69, 9.17) is 0 Å². The molecule has 4 rings (SSSR count). The zero-order valence-electron chi connectivity index (χ0n) is 16.9. The second-order valence-electron chi connectivity index (χ2n) is 7.97. The minimum atomic E-state index is -0.0285. The molecular formula is C23H28N4O2. The van der Waals surface area contributed by atoms with Gasteiger partial charge in [-0.25, -0.2) is 0 Å². The summed E-state index contributed by atoms with van der Waals surface area (Å²) in [5.74, 6) is 0.0952. The van der Waals surface area contributed by atoms with Crippen molar-refractivity contribution in [1.29, 1.82) is 0 Å². The number of hydrogen-bond acceptors (Lipinski definition) is 3. The molecule has 1 aliphatic carbocycles. The Morgan fingerprint density at radius 1 is 1.14 bits per heavy atom. The summed E-state index contributed by atoms with van der Waals surface area (Å²) in [6.07, 6.45) is 9.84. The summed E-state index contributed by atoms with van der Waals surface area (Å²) < 4.78 is 1.92. The maximum atomic E-state index is 12.8. The third kappa shape index (κ3) is 4.42. The van der Waals surface area contributed by atoms with Crippen LogP contribution in [0.1, 0.15) is 48.5 Å². The number of nitrogens with zero attached hydrogens (tertiary/aromatic N) is 3. The lowest BCUT2D eigenvalue weighted by molar-refractivity contribution is -0.132. The van der Waals surface area contributed by atoms with Crippen LogP contribution in [-0.4, -0.2) is 39.6 Å². The van der Waals surface area contributed by atoms with Crippen LogP contribution in [0.4, 0.5) is 0 Å². The molecule has 2 aliphatic rings. The number of carbonyl (C=O) groups excluding carboxylic acids is 2. The van der Waals surface area contributed by atoms with E-state index in [0.29, 0.717) is 25.9 Å². The van der Waals surface area contributed by atoms with Gasteiger partial charge in [0, 0.05) is 43.4 Å². The van der Waals surface area contributed by atoms with Crippen molar-refractivity contribution in [1.82, 2.24) is 20.0 Å². The largest absolute Gasteiger partial charge is 0.349 e. The molecule has 6 nitrogen and oxygen atoms in total. The van der Waals surface area contributed by atoms with E-state index in [-0.39, 0.29) is 23.8 Å². The number of nitrogens with one attached hydrogen (secondary N) is 1. The fourth-order valence-corrected chi connectivity index (χ4v) is 4.34. The van der Waals surface area contributed by atoms with Gasteiger partial charge in [-0.15, -0.1) is 0 Å². The number of likely N-dealkylation sites (tertiary alicyclic amines) is 1. The summed E-state index contributed by atoms with van der Waals surface area (Å²) in [5, 5.41) is 7.59. The number of carbonyl (C=O) groups is 2. The van der Waals surface area contributed by atoms with Crippen molar-refractivity contribution in [2.75, 3.05) is 13.1 Å². The molecule has 2 aromatic rings. The molecule has 1 saturated heterocycles. The Morgan fingerprint density at radius 2 is 1.90 bits per heavy atom. The predicted octanol–water partition coefficient (Wildman–Crippen LogP) is 2.87. The molecule has 1 aromatic carbocycles. The molecule has 2 amide bonds. The third-order valence-electron chi connectivity index (χ3n) is 6.09. The van der Waals surface area contributed by atoms with Gasteiger partial charge in [-0.05, 0) is 43.7 Å². The van der Waals surface area contributed by atoms with E-state index < -0.39 is 0 Å². The van der Waals surface area contributed by atoms with E-state index in [1.165, 1.54) is 5.69 Å². The van der Waals surface area contributed by atoms with Gasteiger partial charge in [-0.2, -0.15) is 5.10 Å². The molecule has 152 valence electrons. The smallest absolute Gasteiger partial charge is 0.246 e. The highest BCUT2D eigenvalue weighted by Gasteiger charge is 2.30. The Morgan fingerprint density at radius 3 is 2.66 bits per heavy atom. The Labute approximate surface area is 171 Å². The van der Waals surface area contributed by atoms with E-state index in [0.717, 1.165) is 30.4 Å². The predicted molar refractivity (Wildman–Crippen MR) is 112 cm³/mol. The molecule has 6 heteroatoms. The summed E-state index contributed by atoms with van der Waals surface area (Å²) in [6, 6.07) is 9.87. The standard InChI is InChI=1S/C23H28N4O2/c1-26-21-9-5-8-20(19(21)16-24-26)25-23(29)18-12-14-27(15-13-18)22(28)11-10-17-6-3-2-4-7-17/h2-4,6-7,10-11,16,18,20H,5,8-9,12-15H2,1H3,(H,25,29)/b11-10+. The molecule has 29 heavy (non-hydrogen) atoms. The van der Waals surface area contributed by atoms with E-state index in [2.05, 4.69) is 10.4 Å². The maximum absolute atomic E-state index is 12.8. The van der Waals surface area contributed by atoms with Crippen LogP contribution in [0.25, 0.3) is 6.08 Å². The van der Waals surface area contributed by atoms with Gasteiger partial charge in [0.1, 0.15) is 0 Å². The van der Waals surface area contributed by atoms with Gasteiger partial charge in [-0.1, -0.05) is 30.3 Å². The molecule has 1 atom stereocenters. The average molecular weight is 393 g/mol. The van der Waals surface area contributed by atoms with Crippen LogP contribution in [0.5, 0.6) is 0 Å². The van der Waals surface area contributed by atoms with E-state index in [9.17, 15) is 9.59 Å². The number of hydrogen-bond donors (Lipinski definition) is 1. The minimum absolute atomic E-state index is 0.0139. The first-order valence-corrected chi connectivity index (χ1v) is 10.4. The molecule has 0 spiro atoms. The van der Waals surface area contributed by atoms with Crippen LogP contribution >= 0.6 is 0 Å². The second kappa shape index (κ2) is 8.64. The van der Waals surface area contributed by atoms with Gasteiger partial charge >= 0.3 is 0 Å². The zero-order valence-corrected chi connectivity index (χ0v) is 16.9. The summed E-state index contributed by atoms with van der Waals surface area (Å²) in [7, 11) is 1.96. The lowest BCUT2D eigenvalue weighted by Gasteiger charge is -2.32. The van der Waals surface area contributed by atoms with Crippen LogP contribution in [-0.2, 0) is 23.1 Å². The van der Waals surface area contributed by atoms with Gasteiger partial charge in [0.05, 0.1) is 12.2 Å². The lowest BCUT2D eigenvalue weighted by atomic mass is 9.91. The highest BCUT2D eigenvalue weighted by atomic mass is 16.2. The summed E-state index contributed by atoms with van der Waals surface area (Å²) in [5.41, 5.74) is 3.40. The topological polar surface area (TPSA) is 67.2 Å². The fraction of sp³-hybridized carbons (Fsp3) is 0.435. The molecule has 2 heterocycles. The number of fused-ring (bicyclic) bond motifs is 1. The number of piperidine rings is 1. The SMILES string of the molecule is Cn1ncc2c1CCCC2NC(=O)C1CCN(C(=O)/C=C/c2ccccc2)CC1. The molecule has 1 N–H and O–H groups in total. The van der Waals surface area contributed by atoms with E-state index in [1.54, 1.807) is 6.08 Å². The van der Waals surface area contributed by atoms with Gasteiger partial charge in [-0.3, -0.25) is 14.3 Å². The van der Waals surface area contributed by atoms with Crippen molar-refractivity contribution in [3.8, 4) is 0 Å². The quantitative estimate of drug-likeness (QED) is 0.814. The number of aromatic nitrogens is 2. The second-order valence-corrected chi connectivity index (χ2v) is 7.97. The lowest BCUT2D eigenvalue weighted by Crippen LogP contribution is -2.43. The number of aryl methyl sites for hydroxylation is 1. The monoisotopic (exact) mass is 392 g/mol. The summed E-state index contributed by atoms with van der Waals surface area (Å²) >= 11 is 0. The molecule has 0 bridgehead atoms. The van der Waals surface area contributed by atoms with Crippen molar-refractivity contribution in [2.45, 2.75) is 38.1 Å². The zero-order chi connectivity index (χ0) is 20.2. The molecule has 0 radical (unpaired) electrons. The van der Waals surface area contributed by atoms with Gasteiger partial charge in [0.2, 0.25) is 11.8 Å². The third-order valence-corrected chi connectivity index (χ3v) is 6.09. The summed E-state index contributed by atoms with van der Waals surface area (Å²) in [4.78, 5) is 27.1. The van der Waals surface area contributed by atoms with Crippen LogP contribution in [0.2, 0.25) is 0 Å². The molecule has 1 aliphatic heterocycles. The Balaban J connectivity index is 1.29. The minimum Gasteiger partial charge on any atom is -0.349 e. The van der Waals surface area contributed by atoms with Crippen LogP contribution in [0.15, 0.2) is 42.6 Å². The first kappa shape index (κ1) is 19.4. The van der Waals surface area contributed by atoms with Crippen LogP contribution in [0, 0.1) is 5.92 Å². The molecular weight excluding hydrogens is 364 g/mol. The van der Waals surface area contributed by atoms with Crippen molar-refractivity contribution >= 4 is 17.9 Å². The average Bonchev–Trinajstić information content (AvgIpc) is 3.15. The number of rotatable bonds is 4. The van der Waals surface area contributed by atoms with Crippen molar-refractivity contribution < 1.29 is 9.59 Å². The first-order chi connectivity index (χ1) is 14.1. The normalized spacial score (nSPS) is 19.9. The van der Waals surface area contributed by atoms with Crippen molar-refractivity contribution in [3.05, 3.63) is 59.4 Å². The van der Waals surface area contributed by atoms with Crippen LogP contribution < -0.4 is 5.32 Å².